The van der Waals surface area contributed by atoms with Crippen molar-refractivity contribution < 1.29 is 14.4 Å². The molecule has 3 N–H and O–H groups in total. The monoisotopic (exact) mass is 161 g/mol. The number of aliphatic carboxylic acids is 1. The molecule has 11 heavy (non-hydrogen) atoms. The summed E-state index contributed by atoms with van der Waals surface area (Å²) in [6.07, 6.45) is 0.875. The van der Waals surface area contributed by atoms with E-state index < -0.39 is 5.97 Å². The van der Waals surface area contributed by atoms with E-state index in [1.54, 1.807) is 0 Å². The van der Waals surface area contributed by atoms with Crippen LogP contribution in [0.2, 0.25) is 0 Å². The summed E-state index contributed by atoms with van der Waals surface area (Å²) in [5.74, 6) is -0.757. The number of nitrogens with zero attached hydrogens (tertiary/aromatic N) is 1. The molecule has 0 aromatic heterocycles. The Bertz CT molecular complexity index is 134. The minimum atomic E-state index is -0.757. The van der Waals surface area contributed by atoms with E-state index >= 15 is 0 Å². The molecule has 0 atom stereocenters. The highest BCUT2D eigenvalue weighted by Crippen LogP contribution is 1.97. The molecule has 0 fully saturated rings. The van der Waals surface area contributed by atoms with Crippen molar-refractivity contribution in [1.82, 2.24) is 0 Å². The third kappa shape index (κ3) is 5.82. The number of hydrogen-bond acceptors (Lipinski definition) is 2. The first-order valence-electron chi connectivity index (χ1n) is 3.72. The molecule has 66 valence electrons. The quantitative estimate of drug-likeness (QED) is 0.534. The average molecular weight is 161 g/mol. The van der Waals surface area contributed by atoms with Crippen molar-refractivity contribution in [3.63, 3.8) is 0 Å². The summed E-state index contributed by atoms with van der Waals surface area (Å²) in [7, 11) is 3.79. The molecule has 0 unspecified atom stereocenters. The molecule has 0 heterocycles. The lowest BCUT2D eigenvalue weighted by atomic mass is 10.3. The van der Waals surface area contributed by atoms with E-state index in [1.165, 1.54) is 0 Å². The second kappa shape index (κ2) is 4.31. The zero-order chi connectivity index (χ0) is 8.91. The second-order valence-electron chi connectivity index (χ2n) is 3.35. The standard InChI is InChI=1S/C7H16N2O2/c1-9(2,5-3-4-8)6-7(10)11/h3-6,8H2,1-2H3/p+1. The van der Waals surface area contributed by atoms with Gasteiger partial charge in [0.05, 0.1) is 20.6 Å². The summed E-state index contributed by atoms with van der Waals surface area (Å²) in [5, 5.41) is 8.50. The minimum Gasteiger partial charge on any atom is -0.477 e. The number of carbonyl (C=O) groups is 1. The van der Waals surface area contributed by atoms with E-state index in [1.807, 2.05) is 14.1 Å². The molecule has 0 saturated heterocycles. The van der Waals surface area contributed by atoms with Crippen molar-refractivity contribution in [2.75, 3.05) is 33.7 Å². The fourth-order valence-corrected chi connectivity index (χ4v) is 0.965. The van der Waals surface area contributed by atoms with Crippen LogP contribution in [0.15, 0.2) is 0 Å². The van der Waals surface area contributed by atoms with Gasteiger partial charge in [-0.05, 0) is 6.54 Å². The number of nitrogens with two attached hydrogens (primary N) is 1. The number of carboxylic acids is 1. The van der Waals surface area contributed by atoms with Gasteiger partial charge in [-0.25, -0.2) is 4.79 Å². The Kier molecular flexibility index (Phi) is 4.07. The molecular formula is C7H17N2O2+. The molecule has 0 aliphatic carbocycles. The van der Waals surface area contributed by atoms with E-state index in [9.17, 15) is 4.79 Å². The maximum Gasteiger partial charge on any atom is 0.359 e. The largest absolute Gasteiger partial charge is 0.477 e. The normalized spacial score (nSPS) is 11.5. The molecule has 4 heteroatoms. The van der Waals surface area contributed by atoms with Gasteiger partial charge in [0.1, 0.15) is 0 Å². The zero-order valence-corrected chi connectivity index (χ0v) is 7.21. The van der Waals surface area contributed by atoms with Gasteiger partial charge in [-0.3, -0.25) is 0 Å². The van der Waals surface area contributed by atoms with Crippen LogP contribution in [0.3, 0.4) is 0 Å². The SMILES string of the molecule is C[N+](C)(CCCN)CC(=O)O. The van der Waals surface area contributed by atoms with E-state index in [4.69, 9.17) is 10.8 Å². The smallest absolute Gasteiger partial charge is 0.359 e. The van der Waals surface area contributed by atoms with Crippen molar-refractivity contribution in [3.8, 4) is 0 Å². The molecule has 0 saturated carbocycles. The topological polar surface area (TPSA) is 63.3 Å². The Morgan fingerprint density at radius 2 is 2.09 bits per heavy atom. The Hall–Kier alpha value is -0.610. The molecule has 0 aromatic rings. The molecule has 0 aliphatic rings. The molecule has 0 aromatic carbocycles. The fourth-order valence-electron chi connectivity index (χ4n) is 0.965. The molecule has 0 amide bonds. The molecule has 0 aliphatic heterocycles. The van der Waals surface area contributed by atoms with Crippen molar-refractivity contribution in [3.05, 3.63) is 0 Å². The number of quaternary nitrogens is 1. The average Bonchev–Trinajstić information content (AvgIpc) is 1.81. The third-order valence-corrected chi connectivity index (χ3v) is 1.53. The van der Waals surface area contributed by atoms with Gasteiger partial charge in [0.15, 0.2) is 6.54 Å². The van der Waals surface area contributed by atoms with Gasteiger partial charge in [-0.1, -0.05) is 0 Å². The Labute approximate surface area is 67.2 Å². The van der Waals surface area contributed by atoms with Crippen molar-refractivity contribution in [2.45, 2.75) is 6.42 Å². The van der Waals surface area contributed by atoms with Crippen molar-refractivity contribution in [2.24, 2.45) is 5.73 Å². The van der Waals surface area contributed by atoms with Crippen LogP contribution in [0.1, 0.15) is 6.42 Å². The lowest BCUT2D eigenvalue weighted by Gasteiger charge is -2.27. The lowest BCUT2D eigenvalue weighted by molar-refractivity contribution is -0.883. The van der Waals surface area contributed by atoms with Gasteiger partial charge >= 0.3 is 5.97 Å². The first-order chi connectivity index (χ1) is 4.98. The predicted molar refractivity (Wildman–Crippen MR) is 43.1 cm³/mol. The summed E-state index contributed by atoms with van der Waals surface area (Å²) < 4.78 is 0.506. The summed E-state index contributed by atoms with van der Waals surface area (Å²) in [6, 6.07) is 0. The summed E-state index contributed by atoms with van der Waals surface area (Å²) in [4.78, 5) is 10.3. The second-order valence-corrected chi connectivity index (χ2v) is 3.35. The highest BCUT2D eigenvalue weighted by molar-refractivity contribution is 5.67. The van der Waals surface area contributed by atoms with Crippen LogP contribution in [0.5, 0.6) is 0 Å². The highest BCUT2D eigenvalue weighted by atomic mass is 16.4. The van der Waals surface area contributed by atoms with Crippen LogP contribution in [-0.4, -0.2) is 49.3 Å². The van der Waals surface area contributed by atoms with E-state index in [2.05, 4.69) is 0 Å². The van der Waals surface area contributed by atoms with E-state index in [0.29, 0.717) is 11.0 Å². The number of hydrogen-bond donors (Lipinski definition) is 2. The van der Waals surface area contributed by atoms with Crippen LogP contribution >= 0.6 is 0 Å². The van der Waals surface area contributed by atoms with Crippen LogP contribution in [0.25, 0.3) is 0 Å². The van der Waals surface area contributed by atoms with Crippen molar-refractivity contribution in [1.29, 1.82) is 0 Å². The first kappa shape index (κ1) is 10.4. The summed E-state index contributed by atoms with van der Waals surface area (Å²) >= 11 is 0. The van der Waals surface area contributed by atoms with Gasteiger partial charge in [0.25, 0.3) is 0 Å². The van der Waals surface area contributed by atoms with Crippen LogP contribution < -0.4 is 5.73 Å². The van der Waals surface area contributed by atoms with Crippen LogP contribution in [0.4, 0.5) is 0 Å². The Morgan fingerprint density at radius 1 is 1.55 bits per heavy atom. The molecule has 0 radical (unpaired) electrons. The van der Waals surface area contributed by atoms with Gasteiger partial charge in [-0.2, -0.15) is 0 Å². The molecule has 0 spiro atoms. The lowest BCUT2D eigenvalue weighted by Crippen LogP contribution is -2.45. The van der Waals surface area contributed by atoms with E-state index in [-0.39, 0.29) is 6.54 Å². The third-order valence-electron chi connectivity index (χ3n) is 1.53. The highest BCUT2D eigenvalue weighted by Gasteiger charge is 2.17. The number of likely N-dealkylation sites (N-methyl/N-ethyl adjacent to an activating group) is 1. The summed E-state index contributed by atoms with van der Waals surface area (Å²) in [6.45, 7) is 1.62. The van der Waals surface area contributed by atoms with Crippen LogP contribution in [0, 0.1) is 0 Å². The minimum absolute atomic E-state index is 0.167. The maximum absolute atomic E-state index is 10.3. The Morgan fingerprint density at radius 3 is 2.45 bits per heavy atom. The van der Waals surface area contributed by atoms with Crippen LogP contribution in [-0.2, 0) is 4.79 Å². The fraction of sp³-hybridized carbons (Fsp3) is 0.857. The Balaban J connectivity index is 3.70. The molecule has 0 rings (SSSR count). The number of carboxylic acid groups (broad SMARTS) is 1. The predicted octanol–water partition coefficient (Wildman–Crippen LogP) is -0.504. The maximum atomic E-state index is 10.3. The molecular weight excluding hydrogens is 144 g/mol. The van der Waals surface area contributed by atoms with E-state index in [0.717, 1.165) is 13.0 Å². The van der Waals surface area contributed by atoms with Gasteiger partial charge in [-0.15, -0.1) is 0 Å². The number of rotatable bonds is 5. The van der Waals surface area contributed by atoms with Gasteiger partial charge in [0, 0.05) is 6.42 Å². The van der Waals surface area contributed by atoms with Crippen molar-refractivity contribution >= 4 is 5.97 Å². The summed E-state index contributed by atoms with van der Waals surface area (Å²) in [5.41, 5.74) is 5.31. The first-order valence-corrected chi connectivity index (χ1v) is 3.72. The zero-order valence-electron chi connectivity index (χ0n) is 7.21. The molecule has 0 bridgehead atoms. The van der Waals surface area contributed by atoms with Gasteiger partial charge < -0.3 is 15.3 Å². The molecule has 4 nitrogen and oxygen atoms in total. The van der Waals surface area contributed by atoms with Gasteiger partial charge in [0.2, 0.25) is 0 Å².